The first-order valence-corrected chi connectivity index (χ1v) is 13.9. The number of hydrogen-bond donors (Lipinski definition) is 1. The van der Waals surface area contributed by atoms with Crippen molar-refractivity contribution in [2.75, 3.05) is 39.6 Å². The van der Waals surface area contributed by atoms with E-state index in [2.05, 4.69) is 57.8 Å². The van der Waals surface area contributed by atoms with Crippen LogP contribution in [0.1, 0.15) is 35.6 Å². The van der Waals surface area contributed by atoms with Gasteiger partial charge in [-0.2, -0.15) is 5.10 Å². The number of nitrogen functional groups attached to an aromatic ring is 1. The SMILES string of the molecule is C=CC(=O)N1CCCC(n2nc(-c3ccc(CN4CCc5cc(OC)c(OC)cc5C4)cc3)c3c(N)ncnc32)C1. The van der Waals surface area contributed by atoms with Crippen molar-refractivity contribution in [2.24, 2.45) is 0 Å². The van der Waals surface area contributed by atoms with Crippen LogP contribution in [0.5, 0.6) is 11.5 Å². The standard InChI is InChI=1S/C31H35N7O3/c1-4-27(39)37-12-5-6-24(18-37)38-31-28(30(32)33-19-34-31)29(35-38)21-9-7-20(8-10-21)16-36-13-11-22-14-25(40-2)26(41-3)15-23(22)17-36/h4,7-10,14-15,19,24H,1,5-6,11-13,16-18H2,2-3H3,(H2,32,33,34). The smallest absolute Gasteiger partial charge is 0.246 e. The molecule has 6 rings (SSSR count). The van der Waals surface area contributed by atoms with Crippen molar-refractivity contribution in [3.05, 3.63) is 72.1 Å². The lowest BCUT2D eigenvalue weighted by molar-refractivity contribution is -0.127. The Balaban J connectivity index is 1.24. The molecule has 0 radical (unpaired) electrons. The van der Waals surface area contributed by atoms with E-state index in [4.69, 9.17) is 20.3 Å². The molecule has 1 saturated heterocycles. The summed E-state index contributed by atoms with van der Waals surface area (Å²) in [6.45, 7) is 7.58. The number of rotatable bonds is 7. The number of ether oxygens (including phenoxy) is 2. The van der Waals surface area contributed by atoms with Gasteiger partial charge in [0.1, 0.15) is 17.8 Å². The number of hydrogen-bond acceptors (Lipinski definition) is 8. The van der Waals surface area contributed by atoms with Gasteiger partial charge in [0.25, 0.3) is 0 Å². The van der Waals surface area contributed by atoms with E-state index >= 15 is 0 Å². The van der Waals surface area contributed by atoms with Crippen molar-refractivity contribution in [3.8, 4) is 22.8 Å². The summed E-state index contributed by atoms with van der Waals surface area (Å²) in [4.78, 5) is 25.4. The molecule has 1 unspecified atom stereocenters. The third kappa shape index (κ3) is 5.11. The number of aromatic nitrogens is 4. The monoisotopic (exact) mass is 553 g/mol. The van der Waals surface area contributed by atoms with E-state index in [1.54, 1.807) is 14.2 Å². The molecule has 1 atom stereocenters. The molecule has 1 amide bonds. The largest absolute Gasteiger partial charge is 0.493 e. The highest BCUT2D eigenvalue weighted by atomic mass is 16.5. The molecule has 2 aliphatic rings. The molecule has 2 aromatic carbocycles. The minimum absolute atomic E-state index is 0.00181. The summed E-state index contributed by atoms with van der Waals surface area (Å²) in [7, 11) is 3.35. The number of anilines is 1. The number of likely N-dealkylation sites (tertiary alicyclic amines) is 1. The van der Waals surface area contributed by atoms with Crippen LogP contribution in [0.3, 0.4) is 0 Å². The first-order chi connectivity index (χ1) is 20.0. The molecule has 10 nitrogen and oxygen atoms in total. The maximum Gasteiger partial charge on any atom is 0.246 e. The Kier molecular flexibility index (Phi) is 7.32. The summed E-state index contributed by atoms with van der Waals surface area (Å²) in [5.41, 5.74) is 12.6. The third-order valence-electron chi connectivity index (χ3n) is 8.18. The molecule has 4 aromatic rings. The average molecular weight is 554 g/mol. The average Bonchev–Trinajstić information content (AvgIpc) is 3.41. The molecule has 212 valence electrons. The van der Waals surface area contributed by atoms with Crippen molar-refractivity contribution in [1.82, 2.24) is 29.5 Å². The molecule has 1 fully saturated rings. The van der Waals surface area contributed by atoms with Crippen molar-refractivity contribution in [2.45, 2.75) is 38.4 Å². The number of methoxy groups -OCH3 is 2. The number of carbonyl (C=O) groups is 1. The van der Waals surface area contributed by atoms with Crippen molar-refractivity contribution >= 4 is 22.8 Å². The molecule has 41 heavy (non-hydrogen) atoms. The molecule has 2 aliphatic heterocycles. The van der Waals surface area contributed by atoms with Gasteiger partial charge >= 0.3 is 0 Å². The lowest BCUT2D eigenvalue weighted by atomic mass is 9.98. The molecule has 4 heterocycles. The molecular weight excluding hydrogens is 518 g/mol. The fraction of sp³-hybridized carbons (Fsp3) is 0.355. The van der Waals surface area contributed by atoms with Gasteiger partial charge in [0.2, 0.25) is 5.91 Å². The van der Waals surface area contributed by atoms with E-state index in [0.717, 1.165) is 73.6 Å². The fourth-order valence-corrected chi connectivity index (χ4v) is 6.04. The Hall–Kier alpha value is -4.44. The number of carbonyl (C=O) groups excluding carboxylic acids is 1. The van der Waals surface area contributed by atoms with Crippen molar-refractivity contribution in [1.29, 1.82) is 0 Å². The van der Waals surface area contributed by atoms with Crippen molar-refractivity contribution in [3.63, 3.8) is 0 Å². The molecule has 0 bridgehead atoms. The van der Waals surface area contributed by atoms with Gasteiger partial charge in [-0.15, -0.1) is 0 Å². The second-order valence-corrected chi connectivity index (χ2v) is 10.7. The van der Waals surface area contributed by atoms with Crippen LogP contribution in [-0.2, 0) is 24.3 Å². The van der Waals surface area contributed by atoms with Gasteiger partial charge in [0.15, 0.2) is 17.1 Å². The Morgan fingerprint density at radius 3 is 2.59 bits per heavy atom. The number of nitrogens with zero attached hydrogens (tertiary/aromatic N) is 6. The Labute approximate surface area is 239 Å². The van der Waals surface area contributed by atoms with E-state index in [-0.39, 0.29) is 11.9 Å². The van der Waals surface area contributed by atoms with E-state index in [0.29, 0.717) is 18.0 Å². The van der Waals surface area contributed by atoms with Gasteiger partial charge in [-0.3, -0.25) is 9.69 Å². The minimum Gasteiger partial charge on any atom is -0.493 e. The summed E-state index contributed by atoms with van der Waals surface area (Å²) < 4.78 is 12.9. The van der Waals surface area contributed by atoms with Gasteiger partial charge in [-0.1, -0.05) is 30.8 Å². The van der Waals surface area contributed by atoms with Crippen molar-refractivity contribution < 1.29 is 14.3 Å². The lowest BCUT2D eigenvalue weighted by Crippen LogP contribution is -2.40. The summed E-state index contributed by atoms with van der Waals surface area (Å²) in [6, 6.07) is 12.7. The molecule has 0 spiro atoms. The van der Waals surface area contributed by atoms with Crippen LogP contribution in [0.2, 0.25) is 0 Å². The van der Waals surface area contributed by atoms with Crippen LogP contribution >= 0.6 is 0 Å². The lowest BCUT2D eigenvalue weighted by Gasteiger charge is -2.32. The van der Waals surface area contributed by atoms with Gasteiger partial charge in [0, 0.05) is 38.3 Å². The van der Waals surface area contributed by atoms with Gasteiger partial charge < -0.3 is 20.1 Å². The quantitative estimate of drug-likeness (QED) is 0.342. The number of piperidine rings is 1. The number of benzene rings is 2. The summed E-state index contributed by atoms with van der Waals surface area (Å²) in [5, 5.41) is 5.74. The van der Waals surface area contributed by atoms with E-state index in [1.807, 2.05) is 9.58 Å². The third-order valence-corrected chi connectivity index (χ3v) is 8.18. The number of fused-ring (bicyclic) bond motifs is 2. The fourth-order valence-electron chi connectivity index (χ4n) is 6.04. The summed E-state index contributed by atoms with van der Waals surface area (Å²) >= 11 is 0. The Morgan fingerprint density at radius 1 is 1.10 bits per heavy atom. The minimum atomic E-state index is -0.0628. The molecule has 10 heteroatoms. The zero-order chi connectivity index (χ0) is 28.5. The first kappa shape index (κ1) is 26.8. The molecule has 0 saturated carbocycles. The Bertz CT molecular complexity index is 1600. The number of amides is 1. The predicted octanol–water partition coefficient (Wildman–Crippen LogP) is 4.00. The molecule has 2 N–H and O–H groups in total. The zero-order valence-electron chi connectivity index (χ0n) is 23.5. The highest BCUT2D eigenvalue weighted by Gasteiger charge is 2.28. The molecule has 0 aliphatic carbocycles. The highest BCUT2D eigenvalue weighted by molar-refractivity contribution is 5.98. The van der Waals surface area contributed by atoms with Gasteiger partial charge in [-0.25, -0.2) is 14.6 Å². The predicted molar refractivity (Wildman–Crippen MR) is 158 cm³/mol. The zero-order valence-corrected chi connectivity index (χ0v) is 23.5. The van der Waals surface area contributed by atoms with Crippen LogP contribution in [0.15, 0.2) is 55.4 Å². The van der Waals surface area contributed by atoms with E-state index < -0.39 is 0 Å². The highest BCUT2D eigenvalue weighted by Crippen LogP contribution is 2.35. The summed E-state index contributed by atoms with van der Waals surface area (Å²) in [5.74, 6) is 1.88. The van der Waals surface area contributed by atoms with Crippen LogP contribution in [0.25, 0.3) is 22.3 Å². The van der Waals surface area contributed by atoms with Crippen LogP contribution in [-0.4, -0.2) is 69.3 Å². The normalized spacial score (nSPS) is 17.3. The van der Waals surface area contributed by atoms with Crippen LogP contribution < -0.4 is 15.2 Å². The maximum atomic E-state index is 12.3. The van der Waals surface area contributed by atoms with Gasteiger partial charge in [0.05, 0.1) is 25.6 Å². The first-order valence-electron chi connectivity index (χ1n) is 13.9. The second-order valence-electron chi connectivity index (χ2n) is 10.7. The topological polar surface area (TPSA) is 112 Å². The number of nitrogens with two attached hydrogens (primary N) is 1. The van der Waals surface area contributed by atoms with Crippen LogP contribution in [0, 0.1) is 0 Å². The second kappa shape index (κ2) is 11.2. The van der Waals surface area contributed by atoms with Crippen LogP contribution in [0.4, 0.5) is 5.82 Å². The van der Waals surface area contributed by atoms with E-state index in [9.17, 15) is 4.79 Å². The molecule has 2 aromatic heterocycles. The van der Waals surface area contributed by atoms with Gasteiger partial charge in [-0.05, 0) is 54.2 Å². The Morgan fingerprint density at radius 2 is 1.85 bits per heavy atom. The summed E-state index contributed by atoms with van der Waals surface area (Å²) in [6.07, 6.45) is 5.59. The molecular formula is C31H35N7O3. The van der Waals surface area contributed by atoms with E-state index in [1.165, 1.54) is 29.1 Å². The maximum absolute atomic E-state index is 12.3.